The fraction of sp³-hybridized carbons (Fsp3) is 0.308. The second kappa shape index (κ2) is 19.4. The van der Waals surface area contributed by atoms with Crippen molar-refractivity contribution in [1.29, 1.82) is 0 Å². The van der Waals surface area contributed by atoms with E-state index in [0.717, 1.165) is 50.5 Å². The van der Waals surface area contributed by atoms with Gasteiger partial charge >= 0.3 is 0 Å². The first-order chi connectivity index (χ1) is 33.1. The van der Waals surface area contributed by atoms with Crippen LogP contribution in [0.2, 0.25) is 0 Å². The van der Waals surface area contributed by atoms with Crippen molar-refractivity contribution in [3.8, 4) is 23.0 Å². The number of ketones is 1. The number of methoxy groups -OCH3 is 2. The van der Waals surface area contributed by atoms with Crippen molar-refractivity contribution in [1.82, 2.24) is 4.90 Å². The Labute approximate surface area is 401 Å². The van der Waals surface area contributed by atoms with Crippen LogP contribution in [-0.2, 0) is 46.2 Å². The van der Waals surface area contributed by atoms with E-state index in [1.807, 2.05) is 65.7 Å². The Morgan fingerprint density at radius 1 is 0.706 bits per heavy atom. The Morgan fingerprint density at radius 2 is 1.32 bits per heavy atom. The lowest BCUT2D eigenvalue weighted by Crippen LogP contribution is -2.39. The average Bonchev–Trinajstić information content (AvgIpc) is 3.97. The van der Waals surface area contributed by atoms with Crippen LogP contribution in [0.15, 0.2) is 96.0 Å². The smallest absolute Gasteiger partial charge is 0.261 e. The van der Waals surface area contributed by atoms with Gasteiger partial charge in [-0.25, -0.2) is 0 Å². The summed E-state index contributed by atoms with van der Waals surface area (Å²) in [5.41, 5.74) is 8.99. The Balaban J connectivity index is 0.853. The van der Waals surface area contributed by atoms with Crippen molar-refractivity contribution >= 4 is 80.0 Å². The molecule has 0 spiro atoms. The molecule has 2 atom stereocenters. The highest BCUT2D eigenvalue weighted by Crippen LogP contribution is 2.43. The number of likely N-dealkylation sites (tertiary alicyclic amines) is 1. The van der Waals surface area contributed by atoms with Gasteiger partial charge in [0, 0.05) is 73.5 Å². The van der Waals surface area contributed by atoms with Gasteiger partial charge in [-0.05, 0) is 71.0 Å². The zero-order valence-corrected chi connectivity index (χ0v) is 39.3. The number of aliphatic imine (C=N–C) groups is 1. The second-order valence-electron chi connectivity index (χ2n) is 17.3. The molecular weight excluding hydrogens is 903 g/mol. The third-order valence-corrected chi connectivity index (χ3v) is 15.3. The molecule has 14 nitrogen and oxygen atoms in total. The van der Waals surface area contributed by atoms with Crippen molar-refractivity contribution in [3.05, 3.63) is 130 Å². The minimum absolute atomic E-state index is 0.0138. The third-order valence-electron chi connectivity index (χ3n) is 12.9. The average molecular weight is 952 g/mol. The van der Waals surface area contributed by atoms with Crippen molar-refractivity contribution in [2.24, 2.45) is 4.99 Å². The molecule has 0 radical (unpaired) electrons. The van der Waals surface area contributed by atoms with Crippen LogP contribution in [-0.4, -0.2) is 85.7 Å². The number of ether oxygens (including phenoxy) is 4. The van der Waals surface area contributed by atoms with Crippen LogP contribution in [0.3, 0.4) is 0 Å². The van der Waals surface area contributed by atoms with E-state index in [9.17, 15) is 24.0 Å². The lowest BCUT2D eigenvalue weighted by molar-refractivity contribution is -0.141. The summed E-state index contributed by atoms with van der Waals surface area (Å²) >= 11 is 0. The normalized spacial score (nSPS) is 17.6. The molecule has 0 aromatic heterocycles. The van der Waals surface area contributed by atoms with Gasteiger partial charge in [-0.3, -0.25) is 38.8 Å². The molecule has 16 heteroatoms. The maximum Gasteiger partial charge on any atom is 0.261 e. The molecular formula is C52H49N5O9S2. The zero-order valence-electron chi connectivity index (χ0n) is 37.7. The van der Waals surface area contributed by atoms with E-state index in [0.29, 0.717) is 82.8 Å². The summed E-state index contributed by atoms with van der Waals surface area (Å²) in [5, 5.41) is 3.51. The predicted octanol–water partition coefficient (Wildman–Crippen LogP) is 8.53. The van der Waals surface area contributed by atoms with Gasteiger partial charge in [0.25, 0.3) is 11.8 Å². The molecule has 5 aliphatic heterocycles. The van der Waals surface area contributed by atoms with Crippen LogP contribution < -0.4 is 34.1 Å². The number of carbonyl (C=O) groups is 5. The summed E-state index contributed by atoms with van der Waals surface area (Å²) in [6.45, 7) is 0.800. The topological polar surface area (TPSA) is 156 Å². The number of amides is 4. The largest absolute Gasteiger partial charge is 0.493 e. The molecule has 0 bridgehead atoms. The van der Waals surface area contributed by atoms with Crippen LogP contribution in [0.25, 0.3) is 0 Å². The highest BCUT2D eigenvalue weighted by Gasteiger charge is 2.39. The van der Waals surface area contributed by atoms with Gasteiger partial charge in [-0.15, -0.1) is 0 Å². The minimum atomic E-state index is -0.279. The number of hydrogen-bond donors (Lipinski definition) is 1. The second-order valence-corrected chi connectivity index (χ2v) is 19.9. The van der Waals surface area contributed by atoms with E-state index in [-0.39, 0.29) is 74.1 Å². The monoisotopic (exact) mass is 951 g/mol. The number of carbonyl (C=O) groups excluding carboxylic acids is 5. The Hall–Kier alpha value is -6.78. The molecule has 68 heavy (non-hydrogen) atoms. The Kier molecular flexibility index (Phi) is 12.9. The fourth-order valence-electron chi connectivity index (χ4n) is 9.56. The highest BCUT2D eigenvalue weighted by atomic mass is 33.1. The Morgan fingerprint density at radius 3 is 2.03 bits per heavy atom. The molecule has 5 aliphatic rings. The van der Waals surface area contributed by atoms with Crippen LogP contribution in [0, 0.1) is 0 Å². The molecule has 1 fully saturated rings. The van der Waals surface area contributed by atoms with E-state index in [2.05, 4.69) is 23.5 Å². The summed E-state index contributed by atoms with van der Waals surface area (Å²) in [5.74, 6) is 2.23. The standard InChI is InChI=1S/C52H49N5O9S2/c1-63-45-21-39-41(53-25-36-19-34-8-3-5-11-43(34)56(36)51(39)61)23-47(45)65-28-31-16-32(18-33(17-31)30-68-67-15-7-10-38(58)27-55-49(59)13-14-50(55)60)29-66-48-24-42-40(22-46(48)64-2)52(62)57-37(26-54-42)20-35-9-4-6-12-44(35)57/h3-6,8-9,11-12,16-18,21-25,36-37,54H,7,10,13-15,19-20,26-30H2,1-2H3/t36-,37-/m0/s1. The van der Waals surface area contributed by atoms with Gasteiger partial charge in [0.1, 0.15) is 13.2 Å². The number of hydrogen-bond acceptors (Lipinski definition) is 13. The van der Waals surface area contributed by atoms with Crippen molar-refractivity contribution in [2.75, 3.05) is 48.2 Å². The molecule has 0 unspecified atom stereocenters. The molecule has 0 saturated carbocycles. The summed E-state index contributed by atoms with van der Waals surface area (Å²) in [6, 6.07) is 29.0. The molecule has 1 N–H and O–H groups in total. The SMILES string of the molecule is COc1cc2c(cc1OCc1cc(COc3cc4c(cc3OC)C(=O)N3c5ccccc5C[C@H]3CN4)cc(CSSCCCC(=O)CN3C(=O)CCC3=O)c1)N=C[C@@H]1Cc3ccccc3N1C2=O. The number of imide groups is 1. The number of benzene rings is 5. The van der Waals surface area contributed by atoms with Crippen molar-refractivity contribution in [3.63, 3.8) is 0 Å². The van der Waals surface area contributed by atoms with E-state index >= 15 is 0 Å². The van der Waals surface area contributed by atoms with Gasteiger partial charge in [0.05, 0.1) is 55.3 Å². The molecule has 5 aromatic carbocycles. The van der Waals surface area contributed by atoms with E-state index < -0.39 is 0 Å². The van der Waals surface area contributed by atoms with Gasteiger partial charge in [-0.1, -0.05) is 70.1 Å². The lowest BCUT2D eigenvalue weighted by Gasteiger charge is -2.22. The van der Waals surface area contributed by atoms with Crippen LogP contribution in [0.4, 0.5) is 22.7 Å². The van der Waals surface area contributed by atoms with Gasteiger partial charge in [0.15, 0.2) is 28.8 Å². The van der Waals surface area contributed by atoms with Gasteiger partial charge in [-0.2, -0.15) is 0 Å². The minimum Gasteiger partial charge on any atom is -0.493 e. The van der Waals surface area contributed by atoms with Crippen LogP contribution >= 0.6 is 21.6 Å². The van der Waals surface area contributed by atoms with E-state index in [4.69, 9.17) is 23.9 Å². The first kappa shape index (κ1) is 45.0. The van der Waals surface area contributed by atoms with Gasteiger partial charge < -0.3 is 29.2 Å². The number of nitrogens with zero attached hydrogens (tertiary/aromatic N) is 4. The van der Waals surface area contributed by atoms with Crippen molar-refractivity contribution in [2.45, 2.75) is 69.6 Å². The van der Waals surface area contributed by atoms with E-state index in [1.165, 1.54) is 0 Å². The summed E-state index contributed by atoms with van der Waals surface area (Å²) in [4.78, 5) is 74.1. The first-order valence-corrected chi connectivity index (χ1v) is 25.2. The molecule has 10 rings (SSSR count). The molecule has 348 valence electrons. The van der Waals surface area contributed by atoms with Crippen LogP contribution in [0.1, 0.15) is 74.2 Å². The maximum absolute atomic E-state index is 14.1. The fourth-order valence-corrected chi connectivity index (χ4v) is 11.7. The summed E-state index contributed by atoms with van der Waals surface area (Å²) in [7, 11) is 6.42. The molecule has 4 amide bonds. The third kappa shape index (κ3) is 9.01. The maximum atomic E-state index is 14.1. The number of fused-ring (bicyclic) bond motifs is 8. The van der Waals surface area contributed by atoms with Crippen LogP contribution in [0.5, 0.6) is 23.0 Å². The first-order valence-electron chi connectivity index (χ1n) is 22.7. The number of rotatable bonds is 17. The molecule has 0 aliphatic carbocycles. The van der Waals surface area contributed by atoms with Crippen molar-refractivity contribution < 1.29 is 42.9 Å². The number of Topliss-reactive ketones (excluding diaryl/α,β-unsaturated/α-hetero) is 1. The Bertz CT molecular complexity index is 2870. The lowest BCUT2D eigenvalue weighted by atomic mass is 10.1. The molecule has 1 saturated heterocycles. The van der Waals surface area contributed by atoms with Gasteiger partial charge in [0.2, 0.25) is 11.8 Å². The number of nitrogens with one attached hydrogen (secondary N) is 1. The highest BCUT2D eigenvalue weighted by molar-refractivity contribution is 8.76. The predicted molar refractivity (Wildman–Crippen MR) is 263 cm³/mol. The molecule has 5 heterocycles. The summed E-state index contributed by atoms with van der Waals surface area (Å²) in [6.07, 6.45) is 4.55. The summed E-state index contributed by atoms with van der Waals surface area (Å²) < 4.78 is 24.6. The number of para-hydroxylation sites is 2. The molecule has 5 aromatic rings. The zero-order chi connectivity index (χ0) is 46.9. The van der Waals surface area contributed by atoms with E-state index in [1.54, 1.807) is 58.9 Å². The number of anilines is 3. The quantitative estimate of drug-likeness (QED) is 0.0540.